The topological polar surface area (TPSA) is 59.6 Å². The SMILES string of the molecule is COc1ccc(C2=CNC(=O)NC2)cc1OC1CCCC1. The van der Waals surface area contributed by atoms with Gasteiger partial charge in [-0.25, -0.2) is 4.79 Å². The molecule has 1 aliphatic heterocycles. The molecule has 5 nitrogen and oxygen atoms in total. The van der Waals surface area contributed by atoms with E-state index in [1.807, 2.05) is 18.2 Å². The second-order valence-electron chi connectivity index (χ2n) is 5.39. The first-order valence-electron chi connectivity index (χ1n) is 7.35. The van der Waals surface area contributed by atoms with E-state index in [4.69, 9.17) is 9.47 Å². The molecule has 2 N–H and O–H groups in total. The third-order valence-electron chi connectivity index (χ3n) is 3.95. The average Bonchev–Trinajstić information content (AvgIpc) is 3.01. The number of carbonyl (C=O) groups is 1. The van der Waals surface area contributed by atoms with Gasteiger partial charge in [0.25, 0.3) is 0 Å². The van der Waals surface area contributed by atoms with E-state index in [2.05, 4.69) is 10.6 Å². The lowest BCUT2D eigenvalue weighted by Crippen LogP contribution is -2.37. The molecule has 1 saturated carbocycles. The number of hydrogen-bond donors (Lipinski definition) is 2. The number of carbonyl (C=O) groups excluding carboxylic acids is 1. The fourth-order valence-electron chi connectivity index (χ4n) is 2.77. The number of rotatable bonds is 4. The molecule has 2 amide bonds. The molecule has 0 spiro atoms. The lowest BCUT2D eigenvalue weighted by atomic mass is 10.1. The Kier molecular flexibility index (Phi) is 3.99. The van der Waals surface area contributed by atoms with Gasteiger partial charge in [0, 0.05) is 12.7 Å². The van der Waals surface area contributed by atoms with Crippen molar-refractivity contribution in [3.63, 3.8) is 0 Å². The van der Waals surface area contributed by atoms with E-state index < -0.39 is 0 Å². The van der Waals surface area contributed by atoms with Gasteiger partial charge in [-0.2, -0.15) is 0 Å². The van der Waals surface area contributed by atoms with Crippen LogP contribution in [0.25, 0.3) is 5.57 Å². The van der Waals surface area contributed by atoms with Crippen molar-refractivity contribution >= 4 is 11.6 Å². The average molecular weight is 288 g/mol. The van der Waals surface area contributed by atoms with Crippen molar-refractivity contribution in [1.82, 2.24) is 10.6 Å². The summed E-state index contributed by atoms with van der Waals surface area (Å²) in [6, 6.07) is 5.71. The van der Waals surface area contributed by atoms with Gasteiger partial charge in [-0.3, -0.25) is 0 Å². The number of hydrogen-bond acceptors (Lipinski definition) is 3. The molecular formula is C16H20N2O3. The third-order valence-corrected chi connectivity index (χ3v) is 3.95. The van der Waals surface area contributed by atoms with Crippen LogP contribution in [-0.4, -0.2) is 25.8 Å². The summed E-state index contributed by atoms with van der Waals surface area (Å²) in [5.41, 5.74) is 2.05. The van der Waals surface area contributed by atoms with Gasteiger partial charge >= 0.3 is 6.03 Å². The van der Waals surface area contributed by atoms with Gasteiger partial charge < -0.3 is 20.1 Å². The summed E-state index contributed by atoms with van der Waals surface area (Å²) in [5, 5.41) is 5.43. The van der Waals surface area contributed by atoms with Crippen molar-refractivity contribution in [3.8, 4) is 11.5 Å². The standard InChI is InChI=1S/C16H20N2O3/c1-20-14-7-6-11(12-9-17-16(19)18-10-12)8-15(14)21-13-4-2-3-5-13/h6-9,13H,2-5,10H2,1H3,(H2,17,18,19). The molecule has 1 heterocycles. The largest absolute Gasteiger partial charge is 0.493 e. The van der Waals surface area contributed by atoms with E-state index in [-0.39, 0.29) is 12.1 Å². The van der Waals surface area contributed by atoms with Gasteiger partial charge in [-0.05, 0) is 49.0 Å². The van der Waals surface area contributed by atoms with Crippen LogP contribution in [0.3, 0.4) is 0 Å². The maximum Gasteiger partial charge on any atom is 0.319 e. The zero-order valence-electron chi connectivity index (χ0n) is 12.1. The Hall–Kier alpha value is -2.17. The van der Waals surface area contributed by atoms with Crippen LogP contribution < -0.4 is 20.1 Å². The Labute approximate surface area is 124 Å². The Morgan fingerprint density at radius 1 is 1.19 bits per heavy atom. The molecule has 1 fully saturated rings. The van der Waals surface area contributed by atoms with Crippen molar-refractivity contribution < 1.29 is 14.3 Å². The van der Waals surface area contributed by atoms with E-state index in [0.29, 0.717) is 6.54 Å². The molecule has 0 unspecified atom stereocenters. The molecule has 1 aliphatic carbocycles. The first-order valence-corrected chi connectivity index (χ1v) is 7.35. The minimum absolute atomic E-state index is 0.172. The Bertz CT molecular complexity index is 563. The summed E-state index contributed by atoms with van der Waals surface area (Å²) < 4.78 is 11.5. The highest BCUT2D eigenvalue weighted by atomic mass is 16.5. The fraction of sp³-hybridized carbons (Fsp3) is 0.438. The van der Waals surface area contributed by atoms with Crippen LogP contribution in [0.2, 0.25) is 0 Å². The van der Waals surface area contributed by atoms with Crippen LogP contribution in [0.5, 0.6) is 11.5 Å². The molecule has 2 aliphatic rings. The Morgan fingerprint density at radius 3 is 2.67 bits per heavy atom. The maximum absolute atomic E-state index is 11.1. The zero-order chi connectivity index (χ0) is 14.7. The van der Waals surface area contributed by atoms with Crippen molar-refractivity contribution in [2.24, 2.45) is 0 Å². The highest BCUT2D eigenvalue weighted by molar-refractivity contribution is 5.83. The number of urea groups is 1. The number of amides is 2. The minimum atomic E-state index is -0.172. The van der Waals surface area contributed by atoms with Crippen LogP contribution in [0.1, 0.15) is 31.2 Å². The summed E-state index contributed by atoms with van der Waals surface area (Å²) in [5.74, 6) is 1.53. The first kappa shape index (κ1) is 13.8. The van der Waals surface area contributed by atoms with Crippen LogP contribution in [0.15, 0.2) is 24.4 Å². The van der Waals surface area contributed by atoms with Crippen molar-refractivity contribution in [3.05, 3.63) is 30.0 Å². The van der Waals surface area contributed by atoms with Crippen LogP contribution in [0.4, 0.5) is 4.79 Å². The molecule has 0 aromatic heterocycles. The van der Waals surface area contributed by atoms with Gasteiger partial charge in [-0.15, -0.1) is 0 Å². The molecule has 0 saturated heterocycles. The maximum atomic E-state index is 11.1. The lowest BCUT2D eigenvalue weighted by molar-refractivity contribution is 0.200. The van der Waals surface area contributed by atoms with Gasteiger partial charge in [0.2, 0.25) is 0 Å². The van der Waals surface area contributed by atoms with Crippen LogP contribution in [-0.2, 0) is 0 Å². The molecule has 0 atom stereocenters. The summed E-state index contributed by atoms with van der Waals surface area (Å²) in [7, 11) is 1.65. The smallest absolute Gasteiger partial charge is 0.319 e. The minimum Gasteiger partial charge on any atom is -0.493 e. The quantitative estimate of drug-likeness (QED) is 0.895. The van der Waals surface area contributed by atoms with Gasteiger partial charge in [0.15, 0.2) is 11.5 Å². The molecule has 5 heteroatoms. The van der Waals surface area contributed by atoms with E-state index in [0.717, 1.165) is 35.5 Å². The normalized spacial score (nSPS) is 18.7. The number of methoxy groups -OCH3 is 1. The van der Waals surface area contributed by atoms with Gasteiger partial charge in [0.05, 0.1) is 13.2 Å². The van der Waals surface area contributed by atoms with E-state index >= 15 is 0 Å². The van der Waals surface area contributed by atoms with Gasteiger partial charge in [0.1, 0.15) is 0 Å². The first-order chi connectivity index (χ1) is 10.3. The summed E-state index contributed by atoms with van der Waals surface area (Å²) in [6.07, 6.45) is 6.69. The summed E-state index contributed by atoms with van der Waals surface area (Å²) in [6.45, 7) is 0.515. The number of benzene rings is 1. The second-order valence-corrected chi connectivity index (χ2v) is 5.39. The predicted molar refractivity (Wildman–Crippen MR) is 80.4 cm³/mol. The van der Waals surface area contributed by atoms with Crippen molar-refractivity contribution in [1.29, 1.82) is 0 Å². The Balaban J connectivity index is 1.83. The fourth-order valence-corrected chi connectivity index (χ4v) is 2.77. The second kappa shape index (κ2) is 6.08. The number of ether oxygens (including phenoxy) is 2. The Morgan fingerprint density at radius 2 is 2.00 bits per heavy atom. The molecule has 0 radical (unpaired) electrons. The highest BCUT2D eigenvalue weighted by Gasteiger charge is 2.19. The van der Waals surface area contributed by atoms with E-state index in [1.165, 1.54) is 12.8 Å². The van der Waals surface area contributed by atoms with Crippen molar-refractivity contribution in [2.75, 3.05) is 13.7 Å². The van der Waals surface area contributed by atoms with Gasteiger partial charge in [-0.1, -0.05) is 6.07 Å². The third kappa shape index (κ3) is 3.12. The van der Waals surface area contributed by atoms with Crippen LogP contribution in [0, 0.1) is 0 Å². The number of nitrogens with one attached hydrogen (secondary N) is 2. The van der Waals surface area contributed by atoms with E-state index in [9.17, 15) is 4.79 Å². The van der Waals surface area contributed by atoms with Crippen molar-refractivity contribution in [2.45, 2.75) is 31.8 Å². The molecular weight excluding hydrogens is 268 g/mol. The monoisotopic (exact) mass is 288 g/mol. The molecule has 21 heavy (non-hydrogen) atoms. The highest BCUT2D eigenvalue weighted by Crippen LogP contribution is 2.34. The summed E-state index contributed by atoms with van der Waals surface area (Å²) in [4.78, 5) is 11.1. The molecule has 1 aromatic carbocycles. The molecule has 3 rings (SSSR count). The van der Waals surface area contributed by atoms with E-state index in [1.54, 1.807) is 13.3 Å². The zero-order valence-corrected chi connectivity index (χ0v) is 12.1. The molecule has 112 valence electrons. The lowest BCUT2D eigenvalue weighted by Gasteiger charge is -2.19. The molecule has 0 bridgehead atoms. The summed E-state index contributed by atoms with van der Waals surface area (Å²) >= 11 is 0. The predicted octanol–water partition coefficient (Wildman–Crippen LogP) is 2.67. The van der Waals surface area contributed by atoms with Crippen LogP contribution >= 0.6 is 0 Å². The molecule has 1 aromatic rings.